The normalized spacial score (nSPS) is 24.5. The monoisotopic (exact) mass is 369 g/mol. The molecule has 0 aromatic heterocycles. The molecule has 1 saturated carbocycles. The maximum Gasteiger partial charge on any atom is 0.328 e. The molecule has 26 heavy (non-hydrogen) atoms. The van der Waals surface area contributed by atoms with Crippen molar-refractivity contribution in [2.75, 3.05) is 6.61 Å². The Balaban J connectivity index is 2.12. The number of hydrogen-bond donors (Lipinski definition) is 0. The van der Waals surface area contributed by atoms with Crippen molar-refractivity contribution in [1.82, 2.24) is 0 Å². The van der Waals surface area contributed by atoms with Gasteiger partial charge in [-0.15, -0.1) is 0 Å². The third kappa shape index (κ3) is 2.69. The van der Waals surface area contributed by atoms with Gasteiger partial charge in [0.25, 0.3) is 0 Å². The molecule has 0 bridgehead atoms. The van der Waals surface area contributed by atoms with Crippen molar-refractivity contribution < 1.29 is 17.9 Å². The lowest BCUT2D eigenvalue weighted by Crippen LogP contribution is -2.25. The number of esters is 1. The van der Waals surface area contributed by atoms with E-state index in [0.717, 1.165) is 5.56 Å². The van der Waals surface area contributed by atoms with Crippen LogP contribution in [0.5, 0.6) is 0 Å². The predicted octanol–water partition coefficient (Wildman–Crippen LogP) is 3.01. The molecule has 0 aliphatic heterocycles. The Bertz CT molecular complexity index is 961. The van der Waals surface area contributed by atoms with E-state index in [2.05, 4.69) is 0 Å². The number of benzene rings is 2. The molecule has 6 heteroatoms. The first-order chi connectivity index (χ1) is 12.4. The molecule has 0 spiro atoms. The van der Waals surface area contributed by atoms with Crippen LogP contribution in [0.2, 0.25) is 0 Å². The van der Waals surface area contributed by atoms with Crippen molar-refractivity contribution in [3.05, 3.63) is 65.7 Å². The van der Waals surface area contributed by atoms with Gasteiger partial charge in [0, 0.05) is 5.92 Å². The van der Waals surface area contributed by atoms with Crippen LogP contribution < -0.4 is 0 Å². The molecule has 3 rings (SSSR count). The SMILES string of the molecule is CCOC(=O)[C@@]1(C#N)[C@H](S(=O)(=O)c2ccc(C)cc2)[C@@H]1c1ccccc1. The first kappa shape index (κ1) is 18.2. The number of nitrogens with zero attached hydrogens (tertiary/aromatic N) is 1. The molecule has 1 fully saturated rings. The number of carbonyl (C=O) groups is 1. The van der Waals surface area contributed by atoms with Crippen LogP contribution in [0.3, 0.4) is 0 Å². The summed E-state index contributed by atoms with van der Waals surface area (Å²) in [6, 6.07) is 17.2. The van der Waals surface area contributed by atoms with Crippen molar-refractivity contribution >= 4 is 15.8 Å². The van der Waals surface area contributed by atoms with Gasteiger partial charge in [0.1, 0.15) is 5.25 Å². The van der Waals surface area contributed by atoms with Crippen LogP contribution in [-0.4, -0.2) is 26.2 Å². The van der Waals surface area contributed by atoms with Crippen molar-refractivity contribution in [3.63, 3.8) is 0 Å². The Morgan fingerprint density at radius 1 is 1.15 bits per heavy atom. The average molecular weight is 369 g/mol. The highest BCUT2D eigenvalue weighted by molar-refractivity contribution is 7.92. The van der Waals surface area contributed by atoms with Gasteiger partial charge in [0.2, 0.25) is 0 Å². The molecule has 0 heterocycles. The summed E-state index contributed by atoms with van der Waals surface area (Å²) < 4.78 is 31.5. The summed E-state index contributed by atoms with van der Waals surface area (Å²) >= 11 is 0. The van der Waals surface area contributed by atoms with E-state index in [1.54, 1.807) is 49.4 Å². The highest BCUT2D eigenvalue weighted by Gasteiger charge is 2.77. The first-order valence-corrected chi connectivity index (χ1v) is 9.88. The molecule has 134 valence electrons. The van der Waals surface area contributed by atoms with E-state index in [-0.39, 0.29) is 11.5 Å². The number of aryl methyl sites for hydroxylation is 1. The van der Waals surface area contributed by atoms with Crippen LogP contribution in [0.1, 0.15) is 24.0 Å². The highest BCUT2D eigenvalue weighted by Crippen LogP contribution is 2.64. The number of sulfone groups is 1. The zero-order valence-corrected chi connectivity index (χ0v) is 15.4. The summed E-state index contributed by atoms with van der Waals surface area (Å²) in [5.41, 5.74) is -0.153. The van der Waals surface area contributed by atoms with Crippen LogP contribution in [0.4, 0.5) is 0 Å². The van der Waals surface area contributed by atoms with Crippen molar-refractivity contribution in [1.29, 1.82) is 5.26 Å². The number of ether oxygens (including phenoxy) is 1. The summed E-state index contributed by atoms with van der Waals surface area (Å²) in [5, 5.41) is 8.63. The summed E-state index contributed by atoms with van der Waals surface area (Å²) in [7, 11) is -3.89. The van der Waals surface area contributed by atoms with E-state index < -0.39 is 32.4 Å². The minimum Gasteiger partial charge on any atom is -0.465 e. The third-order valence-electron chi connectivity index (χ3n) is 4.77. The molecule has 5 nitrogen and oxygen atoms in total. The second-order valence-corrected chi connectivity index (χ2v) is 8.44. The van der Waals surface area contributed by atoms with Crippen LogP contribution in [0.15, 0.2) is 59.5 Å². The number of rotatable bonds is 5. The largest absolute Gasteiger partial charge is 0.465 e. The van der Waals surface area contributed by atoms with E-state index in [4.69, 9.17) is 4.74 Å². The Labute approximate surface area is 153 Å². The Hall–Kier alpha value is -2.65. The lowest BCUT2D eigenvalue weighted by atomic mass is 10.0. The third-order valence-corrected chi connectivity index (χ3v) is 7.02. The molecule has 2 aromatic carbocycles. The summed E-state index contributed by atoms with van der Waals surface area (Å²) in [6.07, 6.45) is 0. The van der Waals surface area contributed by atoms with Crippen LogP contribution in [0.25, 0.3) is 0 Å². The lowest BCUT2D eigenvalue weighted by Gasteiger charge is -2.09. The maximum atomic E-state index is 13.2. The summed E-state index contributed by atoms with van der Waals surface area (Å²) in [4.78, 5) is 12.7. The Kier molecular flexibility index (Phi) is 4.59. The zero-order chi connectivity index (χ0) is 18.9. The molecule has 0 N–H and O–H groups in total. The van der Waals surface area contributed by atoms with Crippen LogP contribution in [-0.2, 0) is 19.4 Å². The molecule has 0 unspecified atom stereocenters. The van der Waals surface area contributed by atoms with E-state index >= 15 is 0 Å². The fourth-order valence-corrected chi connectivity index (χ4v) is 5.67. The van der Waals surface area contributed by atoms with Crippen LogP contribution in [0, 0.1) is 23.7 Å². The van der Waals surface area contributed by atoms with Crippen molar-refractivity contribution in [3.8, 4) is 6.07 Å². The summed E-state index contributed by atoms with van der Waals surface area (Å²) in [6.45, 7) is 3.58. The van der Waals surface area contributed by atoms with Gasteiger partial charge in [-0.25, -0.2) is 8.42 Å². The zero-order valence-electron chi connectivity index (χ0n) is 14.5. The van der Waals surface area contributed by atoms with Crippen molar-refractivity contribution in [2.24, 2.45) is 5.41 Å². The van der Waals surface area contributed by atoms with Gasteiger partial charge >= 0.3 is 5.97 Å². The fraction of sp³-hybridized carbons (Fsp3) is 0.300. The molecule has 1 aliphatic rings. The van der Waals surface area contributed by atoms with Gasteiger partial charge in [0.15, 0.2) is 15.3 Å². The molecule has 2 aromatic rings. The second kappa shape index (κ2) is 6.58. The first-order valence-electron chi connectivity index (χ1n) is 8.33. The summed E-state index contributed by atoms with van der Waals surface area (Å²) in [5.74, 6) is -1.53. The molecule has 1 aliphatic carbocycles. The smallest absolute Gasteiger partial charge is 0.328 e. The lowest BCUT2D eigenvalue weighted by molar-refractivity contribution is -0.147. The maximum absolute atomic E-state index is 13.2. The standard InChI is InChI=1S/C20H19NO4S/c1-3-25-19(22)20(13-21)17(15-7-5-4-6-8-15)18(20)26(23,24)16-11-9-14(2)10-12-16/h4-12,17-18H,3H2,1-2H3/t17-,18+,20+/m0/s1. The molecule has 0 saturated heterocycles. The minimum atomic E-state index is -3.89. The van der Waals surface area contributed by atoms with Gasteiger partial charge in [0.05, 0.1) is 17.6 Å². The van der Waals surface area contributed by atoms with E-state index in [1.165, 1.54) is 12.1 Å². The van der Waals surface area contributed by atoms with Gasteiger partial charge in [-0.3, -0.25) is 4.79 Å². The van der Waals surface area contributed by atoms with Gasteiger partial charge in [-0.1, -0.05) is 48.0 Å². The van der Waals surface area contributed by atoms with E-state index in [1.807, 2.05) is 13.0 Å². The Morgan fingerprint density at radius 3 is 2.31 bits per heavy atom. The number of carbonyl (C=O) groups excluding carboxylic acids is 1. The highest BCUT2D eigenvalue weighted by atomic mass is 32.2. The van der Waals surface area contributed by atoms with E-state index in [0.29, 0.717) is 5.56 Å². The van der Waals surface area contributed by atoms with Gasteiger partial charge in [-0.2, -0.15) is 5.26 Å². The van der Waals surface area contributed by atoms with Crippen LogP contribution >= 0.6 is 0 Å². The van der Waals surface area contributed by atoms with Gasteiger partial charge in [-0.05, 0) is 31.5 Å². The molecular weight excluding hydrogens is 350 g/mol. The second-order valence-electron chi connectivity index (χ2n) is 6.37. The number of nitriles is 1. The fourth-order valence-electron chi connectivity index (χ4n) is 3.43. The Morgan fingerprint density at radius 2 is 1.77 bits per heavy atom. The molecule has 0 amide bonds. The molecular formula is C20H19NO4S. The van der Waals surface area contributed by atoms with E-state index in [9.17, 15) is 18.5 Å². The minimum absolute atomic E-state index is 0.0844. The average Bonchev–Trinajstić information content (AvgIpc) is 3.35. The van der Waals surface area contributed by atoms with Crippen molar-refractivity contribution in [2.45, 2.75) is 29.9 Å². The van der Waals surface area contributed by atoms with Gasteiger partial charge < -0.3 is 4.74 Å². The predicted molar refractivity (Wildman–Crippen MR) is 96.0 cm³/mol. The quantitative estimate of drug-likeness (QED) is 0.757. The molecule has 0 radical (unpaired) electrons. The molecule has 3 atom stereocenters. The topological polar surface area (TPSA) is 84.2 Å². The number of hydrogen-bond acceptors (Lipinski definition) is 5.